The van der Waals surface area contributed by atoms with Gasteiger partial charge in [-0.15, -0.1) is 0 Å². The summed E-state index contributed by atoms with van der Waals surface area (Å²) in [5.41, 5.74) is 6.56. The van der Waals surface area contributed by atoms with Crippen LogP contribution in [0.15, 0.2) is 21.5 Å². The van der Waals surface area contributed by atoms with Crippen LogP contribution < -0.4 is 5.73 Å². The second-order valence-corrected chi connectivity index (χ2v) is 3.65. The van der Waals surface area contributed by atoms with Crippen LogP contribution in [0.3, 0.4) is 0 Å². The first-order chi connectivity index (χ1) is 7.61. The lowest BCUT2D eigenvalue weighted by molar-refractivity contribution is -0.113. The SMILES string of the molecule is CC(=O)C1=C(C(=NO)C(N)=NO)CCCC1. The number of allylic oxidation sites excluding steroid dienone is 1. The largest absolute Gasteiger partial charge is 0.410 e. The van der Waals surface area contributed by atoms with Crippen molar-refractivity contribution < 1.29 is 15.2 Å². The van der Waals surface area contributed by atoms with Gasteiger partial charge in [-0.1, -0.05) is 10.3 Å². The van der Waals surface area contributed by atoms with Crippen LogP contribution in [-0.4, -0.2) is 27.7 Å². The van der Waals surface area contributed by atoms with Gasteiger partial charge in [-0.05, 0) is 38.2 Å². The van der Waals surface area contributed by atoms with Crippen molar-refractivity contribution in [1.82, 2.24) is 0 Å². The lowest BCUT2D eigenvalue weighted by Crippen LogP contribution is -2.28. The molecule has 0 aliphatic heterocycles. The minimum absolute atomic E-state index is 0.00704. The summed E-state index contributed by atoms with van der Waals surface area (Å²) in [4.78, 5) is 11.4. The van der Waals surface area contributed by atoms with E-state index in [1.807, 2.05) is 0 Å². The van der Waals surface area contributed by atoms with E-state index in [1.54, 1.807) is 0 Å². The van der Waals surface area contributed by atoms with Gasteiger partial charge in [0.05, 0.1) is 0 Å². The van der Waals surface area contributed by atoms with Gasteiger partial charge in [-0.2, -0.15) is 0 Å². The molecule has 4 N–H and O–H groups in total. The van der Waals surface area contributed by atoms with Crippen molar-refractivity contribution in [2.75, 3.05) is 0 Å². The third kappa shape index (κ3) is 2.39. The fraction of sp³-hybridized carbons (Fsp3) is 0.500. The zero-order valence-electron chi connectivity index (χ0n) is 9.10. The fourth-order valence-electron chi connectivity index (χ4n) is 1.87. The van der Waals surface area contributed by atoms with E-state index in [0.29, 0.717) is 24.0 Å². The Bertz CT molecular complexity index is 383. The summed E-state index contributed by atoms with van der Waals surface area (Å²) in [6.45, 7) is 1.46. The maximum absolute atomic E-state index is 11.4. The van der Waals surface area contributed by atoms with Gasteiger partial charge in [0.1, 0.15) is 0 Å². The Morgan fingerprint density at radius 3 is 2.19 bits per heavy atom. The van der Waals surface area contributed by atoms with E-state index in [-0.39, 0.29) is 17.3 Å². The quantitative estimate of drug-likeness (QED) is 0.288. The molecule has 1 aliphatic carbocycles. The van der Waals surface area contributed by atoms with E-state index in [4.69, 9.17) is 16.1 Å². The number of ketones is 1. The molecule has 0 aromatic carbocycles. The summed E-state index contributed by atoms with van der Waals surface area (Å²) in [5, 5.41) is 23.2. The summed E-state index contributed by atoms with van der Waals surface area (Å²) in [6.07, 6.45) is 3.06. The monoisotopic (exact) mass is 225 g/mol. The van der Waals surface area contributed by atoms with Crippen LogP contribution in [0.5, 0.6) is 0 Å². The molecule has 88 valence electrons. The van der Waals surface area contributed by atoms with Gasteiger partial charge < -0.3 is 16.1 Å². The highest BCUT2D eigenvalue weighted by molar-refractivity contribution is 6.47. The molecule has 1 aliphatic rings. The van der Waals surface area contributed by atoms with E-state index in [0.717, 1.165) is 12.8 Å². The summed E-state index contributed by atoms with van der Waals surface area (Å²) in [6, 6.07) is 0. The van der Waals surface area contributed by atoms with Crippen LogP contribution in [0.1, 0.15) is 32.6 Å². The van der Waals surface area contributed by atoms with Crippen molar-refractivity contribution >= 4 is 17.3 Å². The molecule has 16 heavy (non-hydrogen) atoms. The zero-order valence-corrected chi connectivity index (χ0v) is 9.10. The van der Waals surface area contributed by atoms with Gasteiger partial charge in [-0.25, -0.2) is 0 Å². The summed E-state index contributed by atoms with van der Waals surface area (Å²) in [5.74, 6) is -0.347. The van der Waals surface area contributed by atoms with Crippen LogP contribution in [0.2, 0.25) is 0 Å². The number of nitrogens with two attached hydrogens (primary N) is 1. The van der Waals surface area contributed by atoms with E-state index in [1.165, 1.54) is 6.92 Å². The number of oxime groups is 2. The zero-order chi connectivity index (χ0) is 12.1. The van der Waals surface area contributed by atoms with Crippen LogP contribution in [0.4, 0.5) is 0 Å². The predicted molar refractivity (Wildman–Crippen MR) is 58.8 cm³/mol. The second kappa shape index (κ2) is 5.29. The Labute approximate surface area is 93.1 Å². The van der Waals surface area contributed by atoms with Gasteiger partial charge >= 0.3 is 0 Å². The molecule has 0 atom stereocenters. The first kappa shape index (κ1) is 12.2. The number of nitrogens with zero attached hydrogens (tertiary/aromatic N) is 2. The molecule has 0 radical (unpaired) electrons. The Kier molecular flexibility index (Phi) is 4.04. The lowest BCUT2D eigenvalue weighted by Gasteiger charge is -2.18. The molecule has 0 unspecified atom stereocenters. The third-order valence-corrected chi connectivity index (χ3v) is 2.63. The Morgan fingerprint density at radius 1 is 1.19 bits per heavy atom. The minimum Gasteiger partial charge on any atom is -0.410 e. The van der Waals surface area contributed by atoms with Gasteiger partial charge in [0, 0.05) is 5.57 Å². The second-order valence-electron chi connectivity index (χ2n) is 3.65. The molecular weight excluding hydrogens is 210 g/mol. The van der Waals surface area contributed by atoms with E-state index in [2.05, 4.69) is 10.3 Å². The molecule has 0 bridgehead atoms. The molecule has 0 aromatic heterocycles. The van der Waals surface area contributed by atoms with Crippen LogP contribution >= 0.6 is 0 Å². The molecule has 0 heterocycles. The van der Waals surface area contributed by atoms with Crippen LogP contribution in [0.25, 0.3) is 0 Å². The number of hydrogen-bond donors (Lipinski definition) is 3. The average molecular weight is 225 g/mol. The Balaban J connectivity index is 3.21. The number of amidine groups is 1. The molecule has 0 aromatic rings. The standard InChI is InChI=1S/C10H15N3O3/c1-6(14)7-4-2-3-5-8(7)9(12-15)10(11)13-16/h15-16H,2-5H2,1H3,(H2,11,13). The molecule has 6 nitrogen and oxygen atoms in total. The van der Waals surface area contributed by atoms with Crippen LogP contribution in [0, 0.1) is 0 Å². The number of carbonyl (C=O) groups is 1. The predicted octanol–water partition coefficient (Wildman–Crippen LogP) is 1.02. The topological polar surface area (TPSA) is 108 Å². The third-order valence-electron chi connectivity index (χ3n) is 2.63. The number of carbonyl (C=O) groups excluding carboxylic acids is 1. The van der Waals surface area contributed by atoms with Crippen molar-refractivity contribution in [3.63, 3.8) is 0 Å². The molecule has 0 spiro atoms. The molecule has 0 fully saturated rings. The number of hydrogen-bond acceptors (Lipinski definition) is 5. The average Bonchev–Trinajstić information content (AvgIpc) is 2.30. The molecule has 1 rings (SSSR count). The smallest absolute Gasteiger partial charge is 0.192 e. The van der Waals surface area contributed by atoms with Gasteiger partial charge in [0.15, 0.2) is 17.3 Å². The van der Waals surface area contributed by atoms with Gasteiger partial charge in [0.2, 0.25) is 0 Å². The number of rotatable bonds is 3. The normalized spacial score (nSPS) is 18.8. The molecule has 0 saturated carbocycles. The van der Waals surface area contributed by atoms with Gasteiger partial charge in [-0.3, -0.25) is 4.79 Å². The molecular formula is C10H15N3O3. The van der Waals surface area contributed by atoms with Crippen LogP contribution in [-0.2, 0) is 4.79 Å². The van der Waals surface area contributed by atoms with E-state index < -0.39 is 0 Å². The van der Waals surface area contributed by atoms with Crippen molar-refractivity contribution in [2.45, 2.75) is 32.6 Å². The van der Waals surface area contributed by atoms with E-state index in [9.17, 15) is 4.79 Å². The first-order valence-corrected chi connectivity index (χ1v) is 5.05. The lowest BCUT2D eigenvalue weighted by atomic mass is 9.87. The molecule has 0 amide bonds. The Hall–Kier alpha value is -1.85. The highest BCUT2D eigenvalue weighted by atomic mass is 16.4. The highest BCUT2D eigenvalue weighted by Crippen LogP contribution is 2.26. The first-order valence-electron chi connectivity index (χ1n) is 5.05. The van der Waals surface area contributed by atoms with Crippen molar-refractivity contribution in [3.05, 3.63) is 11.1 Å². The van der Waals surface area contributed by atoms with Gasteiger partial charge in [0.25, 0.3) is 0 Å². The molecule has 6 heteroatoms. The van der Waals surface area contributed by atoms with Crippen molar-refractivity contribution in [1.29, 1.82) is 0 Å². The Morgan fingerprint density at radius 2 is 1.75 bits per heavy atom. The van der Waals surface area contributed by atoms with Crippen molar-refractivity contribution in [2.24, 2.45) is 16.0 Å². The summed E-state index contributed by atoms with van der Waals surface area (Å²) in [7, 11) is 0. The maximum atomic E-state index is 11.4. The fourth-order valence-corrected chi connectivity index (χ4v) is 1.87. The highest BCUT2D eigenvalue weighted by Gasteiger charge is 2.23. The van der Waals surface area contributed by atoms with Crippen molar-refractivity contribution in [3.8, 4) is 0 Å². The summed E-state index contributed by atoms with van der Waals surface area (Å²) >= 11 is 0. The van der Waals surface area contributed by atoms with E-state index >= 15 is 0 Å². The summed E-state index contributed by atoms with van der Waals surface area (Å²) < 4.78 is 0. The minimum atomic E-state index is -0.279. The molecule has 0 saturated heterocycles. The number of Topliss-reactive ketones (excluding diaryl/α,β-unsaturated/α-hetero) is 1. The maximum Gasteiger partial charge on any atom is 0.192 e.